The molecule has 2 aliphatic heterocycles. The predicted octanol–water partition coefficient (Wildman–Crippen LogP) is -0.146. The molecule has 2 saturated heterocycles. The smallest absolute Gasteiger partial charge is 0.244 e. The van der Waals surface area contributed by atoms with Crippen LogP contribution in [0.3, 0.4) is 0 Å². The van der Waals surface area contributed by atoms with E-state index in [-0.39, 0.29) is 36.8 Å². The number of carbonyl (C=O) groups excluding carboxylic acids is 2. The first-order valence-corrected chi connectivity index (χ1v) is 7.65. The average molecular weight is 344 g/mol. The Kier molecular flexibility index (Phi) is 6.37. The number of morpholine rings is 1. The number of ether oxygens (including phenoxy) is 1. The van der Waals surface area contributed by atoms with E-state index >= 15 is 0 Å². The maximum atomic E-state index is 12.1. The third kappa shape index (κ3) is 4.66. The normalized spacial score (nSPS) is 20.9. The molecular weight excluding hydrogens is 322 g/mol. The van der Waals surface area contributed by atoms with Gasteiger partial charge in [-0.3, -0.25) is 14.3 Å². The zero-order chi connectivity index (χ0) is 15.4. The van der Waals surface area contributed by atoms with Gasteiger partial charge >= 0.3 is 0 Å². The Labute approximate surface area is 140 Å². The van der Waals surface area contributed by atoms with E-state index in [2.05, 4.69) is 15.7 Å². The highest BCUT2D eigenvalue weighted by atomic mass is 35.5. The third-order valence-corrected chi connectivity index (χ3v) is 3.93. The Morgan fingerprint density at radius 1 is 1.39 bits per heavy atom. The molecule has 1 aromatic heterocycles. The molecule has 0 radical (unpaired) electrons. The molecule has 3 rings (SSSR count). The van der Waals surface area contributed by atoms with E-state index in [9.17, 15) is 9.59 Å². The SMILES string of the molecule is Cl.O=C(Nc1ccn(CC(=O)N2CCOCC2)n1)C1CCCN1. The first-order chi connectivity index (χ1) is 10.7. The average Bonchev–Trinajstić information content (AvgIpc) is 3.20. The first-order valence-electron chi connectivity index (χ1n) is 7.65. The van der Waals surface area contributed by atoms with Gasteiger partial charge in [-0.25, -0.2) is 0 Å². The number of amides is 2. The summed E-state index contributed by atoms with van der Waals surface area (Å²) in [6.07, 6.45) is 3.57. The molecular formula is C14H22ClN5O3. The van der Waals surface area contributed by atoms with Gasteiger partial charge in [0.05, 0.1) is 19.3 Å². The second-order valence-electron chi connectivity index (χ2n) is 5.53. The zero-order valence-corrected chi connectivity index (χ0v) is 13.7. The van der Waals surface area contributed by atoms with Crippen molar-refractivity contribution in [1.82, 2.24) is 20.0 Å². The Bertz CT molecular complexity index is 538. The topological polar surface area (TPSA) is 88.5 Å². The monoisotopic (exact) mass is 343 g/mol. The minimum atomic E-state index is -0.139. The van der Waals surface area contributed by atoms with Crippen LogP contribution < -0.4 is 10.6 Å². The zero-order valence-electron chi connectivity index (χ0n) is 12.9. The van der Waals surface area contributed by atoms with Gasteiger partial charge in [0.1, 0.15) is 6.54 Å². The van der Waals surface area contributed by atoms with Crippen molar-refractivity contribution in [2.24, 2.45) is 0 Å². The molecule has 23 heavy (non-hydrogen) atoms. The summed E-state index contributed by atoms with van der Waals surface area (Å²) in [5, 5.41) is 10.2. The van der Waals surface area contributed by atoms with Gasteiger partial charge in [0.15, 0.2) is 5.82 Å². The van der Waals surface area contributed by atoms with Crippen LogP contribution in [-0.2, 0) is 20.9 Å². The number of carbonyl (C=O) groups is 2. The van der Waals surface area contributed by atoms with E-state index in [0.717, 1.165) is 19.4 Å². The molecule has 1 unspecified atom stereocenters. The van der Waals surface area contributed by atoms with Crippen LogP contribution in [0.4, 0.5) is 5.82 Å². The number of nitrogens with one attached hydrogen (secondary N) is 2. The second kappa shape index (κ2) is 8.28. The number of aromatic nitrogens is 2. The molecule has 0 aromatic carbocycles. The Hall–Kier alpha value is -1.64. The van der Waals surface area contributed by atoms with Gasteiger partial charge in [-0.2, -0.15) is 5.10 Å². The molecule has 1 aromatic rings. The lowest BCUT2D eigenvalue weighted by Crippen LogP contribution is -2.42. The standard InChI is InChI=1S/C14H21N5O3.ClH/c20-13(18-6-8-22-9-7-18)10-19-5-3-12(17-19)16-14(21)11-2-1-4-15-11;/h3,5,11,15H,1-2,4,6-10H2,(H,16,17,21);1H. The van der Waals surface area contributed by atoms with Crippen LogP contribution in [0.2, 0.25) is 0 Å². The molecule has 1 atom stereocenters. The summed E-state index contributed by atoms with van der Waals surface area (Å²) in [7, 11) is 0. The minimum Gasteiger partial charge on any atom is -0.378 e. The number of nitrogens with zero attached hydrogens (tertiary/aromatic N) is 3. The Morgan fingerprint density at radius 2 is 2.17 bits per heavy atom. The lowest BCUT2D eigenvalue weighted by molar-refractivity contribution is -0.136. The second-order valence-corrected chi connectivity index (χ2v) is 5.53. The van der Waals surface area contributed by atoms with Crippen molar-refractivity contribution in [3.05, 3.63) is 12.3 Å². The van der Waals surface area contributed by atoms with Crippen molar-refractivity contribution in [1.29, 1.82) is 0 Å². The molecule has 2 amide bonds. The maximum Gasteiger partial charge on any atom is 0.244 e. The van der Waals surface area contributed by atoms with Crippen molar-refractivity contribution >= 4 is 30.0 Å². The number of hydrogen-bond acceptors (Lipinski definition) is 5. The number of halogens is 1. The molecule has 2 aliphatic rings. The fourth-order valence-electron chi connectivity index (χ4n) is 2.69. The molecule has 3 heterocycles. The fourth-order valence-corrected chi connectivity index (χ4v) is 2.69. The van der Waals surface area contributed by atoms with Gasteiger partial charge in [0, 0.05) is 25.4 Å². The fraction of sp³-hybridized carbons (Fsp3) is 0.643. The van der Waals surface area contributed by atoms with Crippen LogP contribution in [0.15, 0.2) is 12.3 Å². The highest BCUT2D eigenvalue weighted by Crippen LogP contribution is 2.09. The van der Waals surface area contributed by atoms with Crippen molar-refractivity contribution in [3.63, 3.8) is 0 Å². The molecule has 2 N–H and O–H groups in total. The van der Waals surface area contributed by atoms with E-state index in [0.29, 0.717) is 32.1 Å². The third-order valence-electron chi connectivity index (χ3n) is 3.93. The maximum absolute atomic E-state index is 12.1. The number of anilines is 1. The largest absolute Gasteiger partial charge is 0.378 e. The highest BCUT2D eigenvalue weighted by molar-refractivity contribution is 5.94. The summed E-state index contributed by atoms with van der Waals surface area (Å²) < 4.78 is 6.78. The van der Waals surface area contributed by atoms with Gasteiger partial charge in [0.25, 0.3) is 0 Å². The van der Waals surface area contributed by atoms with Gasteiger partial charge in [-0.1, -0.05) is 0 Å². The van der Waals surface area contributed by atoms with E-state index in [1.807, 2.05) is 0 Å². The minimum absolute atomic E-state index is 0. The molecule has 128 valence electrons. The van der Waals surface area contributed by atoms with Crippen LogP contribution in [0, 0.1) is 0 Å². The van der Waals surface area contributed by atoms with Crippen LogP contribution in [-0.4, -0.2) is 65.4 Å². The summed E-state index contributed by atoms with van der Waals surface area (Å²) in [6, 6.07) is 1.57. The summed E-state index contributed by atoms with van der Waals surface area (Å²) in [5.74, 6) is 0.428. The van der Waals surface area contributed by atoms with Crippen LogP contribution in [0.1, 0.15) is 12.8 Å². The van der Waals surface area contributed by atoms with Crippen molar-refractivity contribution in [2.75, 3.05) is 38.2 Å². The molecule has 8 nitrogen and oxygen atoms in total. The quantitative estimate of drug-likeness (QED) is 0.794. The summed E-state index contributed by atoms with van der Waals surface area (Å²) >= 11 is 0. The molecule has 0 spiro atoms. The van der Waals surface area contributed by atoms with Gasteiger partial charge in [0.2, 0.25) is 11.8 Å². The van der Waals surface area contributed by atoms with Crippen LogP contribution in [0.25, 0.3) is 0 Å². The van der Waals surface area contributed by atoms with E-state index < -0.39 is 0 Å². The van der Waals surface area contributed by atoms with Crippen molar-refractivity contribution in [2.45, 2.75) is 25.4 Å². The van der Waals surface area contributed by atoms with Gasteiger partial charge in [-0.15, -0.1) is 12.4 Å². The number of rotatable bonds is 4. The van der Waals surface area contributed by atoms with E-state index in [1.54, 1.807) is 21.8 Å². The number of hydrogen-bond donors (Lipinski definition) is 2. The highest BCUT2D eigenvalue weighted by Gasteiger charge is 2.22. The van der Waals surface area contributed by atoms with Crippen LogP contribution in [0.5, 0.6) is 0 Å². The first kappa shape index (κ1) is 17.7. The molecule has 9 heteroatoms. The Balaban J connectivity index is 0.00000192. The Morgan fingerprint density at radius 3 is 2.87 bits per heavy atom. The van der Waals surface area contributed by atoms with Gasteiger partial charge in [-0.05, 0) is 19.4 Å². The van der Waals surface area contributed by atoms with Crippen molar-refractivity contribution in [3.8, 4) is 0 Å². The molecule has 0 aliphatic carbocycles. The van der Waals surface area contributed by atoms with E-state index in [1.165, 1.54) is 0 Å². The van der Waals surface area contributed by atoms with E-state index in [4.69, 9.17) is 4.74 Å². The molecule has 0 bridgehead atoms. The summed E-state index contributed by atoms with van der Waals surface area (Å²) in [5.41, 5.74) is 0. The summed E-state index contributed by atoms with van der Waals surface area (Å²) in [4.78, 5) is 25.9. The van der Waals surface area contributed by atoms with Crippen LogP contribution >= 0.6 is 12.4 Å². The summed E-state index contributed by atoms with van der Waals surface area (Å²) in [6.45, 7) is 3.47. The lowest BCUT2D eigenvalue weighted by atomic mass is 10.2. The van der Waals surface area contributed by atoms with Gasteiger partial charge < -0.3 is 20.3 Å². The predicted molar refractivity (Wildman–Crippen MR) is 86.5 cm³/mol. The molecule has 0 saturated carbocycles. The lowest BCUT2D eigenvalue weighted by Gasteiger charge is -2.26. The molecule has 2 fully saturated rings. The van der Waals surface area contributed by atoms with Crippen molar-refractivity contribution < 1.29 is 14.3 Å².